The molecule has 1 aliphatic carbocycles. The van der Waals surface area contributed by atoms with E-state index in [-0.39, 0.29) is 22.5 Å². The Bertz CT molecular complexity index is 634. The van der Waals surface area contributed by atoms with Gasteiger partial charge in [-0.25, -0.2) is 0 Å². The molecule has 0 saturated carbocycles. The summed E-state index contributed by atoms with van der Waals surface area (Å²) in [5.41, 5.74) is 8.08. The molecule has 1 aromatic carbocycles. The molecule has 0 radical (unpaired) electrons. The van der Waals surface area contributed by atoms with Gasteiger partial charge in [-0.15, -0.1) is 0 Å². The topological polar surface area (TPSA) is 58.2 Å². The van der Waals surface area contributed by atoms with E-state index < -0.39 is 0 Å². The maximum absolute atomic E-state index is 12.2. The number of amides is 1. The van der Waals surface area contributed by atoms with Crippen molar-refractivity contribution >= 4 is 11.7 Å². The lowest BCUT2D eigenvalue weighted by atomic mass is 9.79. The average molecular weight is 314 g/mol. The van der Waals surface area contributed by atoms with E-state index in [1.165, 1.54) is 5.56 Å². The van der Waals surface area contributed by atoms with E-state index >= 15 is 0 Å². The summed E-state index contributed by atoms with van der Waals surface area (Å²) >= 11 is 0. The van der Waals surface area contributed by atoms with Gasteiger partial charge in [0.25, 0.3) is 5.91 Å². The van der Waals surface area contributed by atoms with Crippen molar-refractivity contribution in [3.63, 3.8) is 0 Å². The molecule has 4 heteroatoms. The Hall–Kier alpha value is -2.10. The first-order valence-electron chi connectivity index (χ1n) is 7.97. The van der Waals surface area contributed by atoms with Crippen LogP contribution in [0.2, 0.25) is 0 Å². The van der Waals surface area contributed by atoms with Gasteiger partial charge in [-0.2, -0.15) is 0 Å². The Kier molecular flexibility index (Phi) is 4.64. The first-order chi connectivity index (χ1) is 10.6. The van der Waals surface area contributed by atoms with Crippen molar-refractivity contribution in [3.05, 3.63) is 47.2 Å². The summed E-state index contributed by atoms with van der Waals surface area (Å²) in [5, 5.41) is 0. The lowest BCUT2D eigenvalue weighted by Gasteiger charge is -2.29. The Labute approximate surface area is 138 Å². The monoisotopic (exact) mass is 314 g/mol. The number of ketones is 1. The third-order valence-corrected chi connectivity index (χ3v) is 4.01. The van der Waals surface area contributed by atoms with Gasteiger partial charge in [0.05, 0.1) is 0 Å². The number of rotatable bonds is 3. The predicted octanol–water partition coefficient (Wildman–Crippen LogP) is 3.49. The Morgan fingerprint density at radius 1 is 1.09 bits per heavy atom. The van der Waals surface area contributed by atoms with Gasteiger partial charge in [-0.1, -0.05) is 46.8 Å². The van der Waals surface area contributed by atoms with Gasteiger partial charge in [0.2, 0.25) is 0 Å². The fourth-order valence-corrected chi connectivity index (χ4v) is 2.76. The summed E-state index contributed by atoms with van der Waals surface area (Å²) in [5.74, 6) is -0.116. The normalized spacial score (nSPS) is 17.4. The number of nitrogens with one attached hydrogen (secondary N) is 2. The molecule has 0 fully saturated rings. The van der Waals surface area contributed by atoms with Crippen LogP contribution >= 0.6 is 0 Å². The summed E-state index contributed by atoms with van der Waals surface area (Å²) in [6.07, 6.45) is 2.86. The van der Waals surface area contributed by atoms with E-state index in [1.54, 1.807) is 6.08 Å². The molecular formula is C19H26N2O2. The molecule has 0 heterocycles. The van der Waals surface area contributed by atoms with Crippen LogP contribution in [0.1, 0.15) is 63.4 Å². The molecule has 0 aliphatic heterocycles. The zero-order chi connectivity index (χ0) is 17.3. The number of carbonyl (C=O) groups excluding carboxylic acids is 2. The van der Waals surface area contributed by atoms with Gasteiger partial charge in [0.15, 0.2) is 5.78 Å². The molecule has 2 N–H and O–H groups in total. The van der Waals surface area contributed by atoms with Crippen LogP contribution in [-0.2, 0) is 10.2 Å². The number of hydrogen-bond donors (Lipinski definition) is 2. The van der Waals surface area contributed by atoms with Gasteiger partial charge >= 0.3 is 0 Å². The molecule has 2 rings (SSSR count). The fraction of sp³-hybridized carbons (Fsp3) is 0.474. The van der Waals surface area contributed by atoms with Gasteiger partial charge < -0.3 is 5.43 Å². The van der Waals surface area contributed by atoms with Gasteiger partial charge in [-0.3, -0.25) is 15.0 Å². The average Bonchev–Trinajstić information content (AvgIpc) is 2.42. The molecule has 23 heavy (non-hydrogen) atoms. The SMILES string of the molecule is CC1(C)CC(=O)C=C(NNC(=O)c2ccc(C(C)(C)C)cc2)C1. The molecule has 1 aliphatic rings. The first-order valence-corrected chi connectivity index (χ1v) is 7.97. The van der Waals surface area contributed by atoms with Crippen LogP contribution in [-0.4, -0.2) is 11.7 Å². The van der Waals surface area contributed by atoms with Gasteiger partial charge in [-0.05, 0) is 34.9 Å². The highest BCUT2D eigenvalue weighted by Gasteiger charge is 2.27. The Morgan fingerprint density at radius 2 is 1.70 bits per heavy atom. The Balaban J connectivity index is 1.99. The van der Waals surface area contributed by atoms with E-state index in [1.807, 2.05) is 38.1 Å². The zero-order valence-corrected chi connectivity index (χ0v) is 14.6. The van der Waals surface area contributed by atoms with E-state index in [0.717, 1.165) is 12.1 Å². The summed E-state index contributed by atoms with van der Waals surface area (Å²) in [6, 6.07) is 7.59. The lowest BCUT2D eigenvalue weighted by Crippen LogP contribution is -2.39. The van der Waals surface area contributed by atoms with Crippen LogP contribution in [0, 0.1) is 5.41 Å². The molecule has 0 atom stereocenters. The third-order valence-electron chi connectivity index (χ3n) is 4.01. The second-order valence-corrected chi connectivity index (χ2v) is 8.06. The number of carbonyl (C=O) groups is 2. The molecule has 1 aromatic rings. The minimum atomic E-state index is -0.206. The van der Waals surface area contributed by atoms with Crippen molar-refractivity contribution < 1.29 is 9.59 Å². The summed E-state index contributed by atoms with van der Waals surface area (Å²) < 4.78 is 0. The Morgan fingerprint density at radius 3 is 2.22 bits per heavy atom. The highest BCUT2D eigenvalue weighted by atomic mass is 16.2. The second kappa shape index (κ2) is 6.19. The van der Waals surface area contributed by atoms with Crippen molar-refractivity contribution in [2.45, 2.75) is 52.9 Å². The molecule has 4 nitrogen and oxygen atoms in total. The van der Waals surface area contributed by atoms with E-state index in [4.69, 9.17) is 0 Å². The second-order valence-electron chi connectivity index (χ2n) is 8.06. The van der Waals surface area contributed by atoms with Crippen LogP contribution < -0.4 is 10.9 Å². The largest absolute Gasteiger partial charge is 0.302 e. The van der Waals surface area contributed by atoms with Gasteiger partial charge in [0.1, 0.15) is 0 Å². The third kappa shape index (κ3) is 4.68. The molecule has 0 spiro atoms. The maximum Gasteiger partial charge on any atom is 0.269 e. The minimum absolute atomic E-state index is 0.0616. The maximum atomic E-state index is 12.2. The van der Waals surface area contributed by atoms with Crippen LogP contribution in [0.15, 0.2) is 36.0 Å². The van der Waals surface area contributed by atoms with Crippen molar-refractivity contribution in [1.82, 2.24) is 10.9 Å². The fourth-order valence-electron chi connectivity index (χ4n) is 2.76. The molecule has 0 aromatic heterocycles. The highest BCUT2D eigenvalue weighted by Crippen LogP contribution is 2.32. The van der Waals surface area contributed by atoms with E-state index in [9.17, 15) is 9.59 Å². The van der Waals surface area contributed by atoms with Crippen LogP contribution in [0.3, 0.4) is 0 Å². The van der Waals surface area contributed by atoms with E-state index in [0.29, 0.717) is 12.0 Å². The molecular weight excluding hydrogens is 288 g/mol. The standard InChI is InChI=1S/C19H26N2O2/c1-18(2,3)14-8-6-13(7-9-14)17(23)21-20-15-10-16(22)12-19(4,5)11-15/h6-10,20H,11-12H2,1-5H3,(H,21,23). The minimum Gasteiger partial charge on any atom is -0.302 e. The summed E-state index contributed by atoms with van der Waals surface area (Å²) in [7, 11) is 0. The van der Waals surface area contributed by atoms with Crippen molar-refractivity contribution in [3.8, 4) is 0 Å². The van der Waals surface area contributed by atoms with Crippen molar-refractivity contribution in [2.75, 3.05) is 0 Å². The molecule has 124 valence electrons. The predicted molar refractivity (Wildman–Crippen MR) is 91.8 cm³/mol. The highest BCUT2D eigenvalue weighted by molar-refractivity contribution is 5.94. The van der Waals surface area contributed by atoms with Crippen LogP contribution in [0.4, 0.5) is 0 Å². The number of hydrazine groups is 1. The lowest BCUT2D eigenvalue weighted by molar-refractivity contribution is -0.117. The summed E-state index contributed by atoms with van der Waals surface area (Å²) in [4.78, 5) is 23.9. The molecule has 0 saturated heterocycles. The zero-order valence-electron chi connectivity index (χ0n) is 14.6. The van der Waals surface area contributed by atoms with Gasteiger partial charge in [0, 0.05) is 23.8 Å². The van der Waals surface area contributed by atoms with E-state index in [2.05, 4.69) is 31.6 Å². The summed E-state index contributed by atoms with van der Waals surface area (Å²) in [6.45, 7) is 10.5. The number of allylic oxidation sites excluding steroid dienone is 2. The van der Waals surface area contributed by atoms with Crippen molar-refractivity contribution in [2.24, 2.45) is 5.41 Å². The molecule has 0 bridgehead atoms. The number of hydrogen-bond acceptors (Lipinski definition) is 3. The molecule has 1 amide bonds. The van der Waals surface area contributed by atoms with Crippen LogP contribution in [0.5, 0.6) is 0 Å². The first kappa shape index (κ1) is 17.3. The quantitative estimate of drug-likeness (QED) is 0.840. The molecule has 0 unspecified atom stereocenters. The van der Waals surface area contributed by atoms with Crippen molar-refractivity contribution in [1.29, 1.82) is 0 Å². The van der Waals surface area contributed by atoms with Crippen LogP contribution in [0.25, 0.3) is 0 Å². The smallest absolute Gasteiger partial charge is 0.269 e. The number of benzene rings is 1.